The van der Waals surface area contributed by atoms with Crippen LogP contribution in [0.3, 0.4) is 0 Å². The second kappa shape index (κ2) is 9.11. The summed E-state index contributed by atoms with van der Waals surface area (Å²) in [7, 11) is 1.68. The number of hydrogen-bond acceptors (Lipinski definition) is 4. The van der Waals surface area contributed by atoms with E-state index in [0.717, 1.165) is 19.4 Å². The van der Waals surface area contributed by atoms with Gasteiger partial charge in [0, 0.05) is 45.5 Å². The van der Waals surface area contributed by atoms with E-state index in [1.54, 1.807) is 19.3 Å². The molecule has 2 aromatic rings. The van der Waals surface area contributed by atoms with Gasteiger partial charge in [-0.15, -0.1) is 0 Å². The van der Waals surface area contributed by atoms with Crippen LogP contribution in [0.15, 0.2) is 47.6 Å². The summed E-state index contributed by atoms with van der Waals surface area (Å²) in [6.45, 7) is 2.92. The number of halogens is 1. The average molecular weight is 410 g/mol. The zero-order chi connectivity index (χ0) is 20.9. The monoisotopic (exact) mass is 410 g/mol. The lowest BCUT2D eigenvalue weighted by Crippen LogP contribution is -2.49. The van der Waals surface area contributed by atoms with Gasteiger partial charge in [-0.1, -0.05) is 24.3 Å². The highest BCUT2D eigenvalue weighted by atomic mass is 19.1. The number of benzene rings is 1. The highest BCUT2D eigenvalue weighted by Crippen LogP contribution is 2.21. The van der Waals surface area contributed by atoms with Crippen molar-refractivity contribution < 1.29 is 9.18 Å². The number of aromatic nitrogens is 1. The molecule has 0 radical (unpaired) electrons. The Morgan fingerprint density at radius 3 is 2.87 bits per heavy atom. The van der Waals surface area contributed by atoms with E-state index in [2.05, 4.69) is 32.7 Å². The van der Waals surface area contributed by atoms with Crippen molar-refractivity contribution in [3.8, 4) is 0 Å². The van der Waals surface area contributed by atoms with Crippen molar-refractivity contribution in [2.75, 3.05) is 38.1 Å². The molecule has 0 spiro atoms. The van der Waals surface area contributed by atoms with Crippen molar-refractivity contribution in [1.29, 1.82) is 0 Å². The Labute approximate surface area is 176 Å². The van der Waals surface area contributed by atoms with Gasteiger partial charge in [-0.25, -0.2) is 9.37 Å². The molecule has 3 heterocycles. The molecule has 8 heteroatoms. The molecule has 2 N–H and O–H groups in total. The van der Waals surface area contributed by atoms with Gasteiger partial charge in [0.05, 0.1) is 6.54 Å². The van der Waals surface area contributed by atoms with Crippen LogP contribution in [-0.2, 0) is 17.8 Å². The number of fused-ring (bicyclic) bond motifs is 1. The van der Waals surface area contributed by atoms with Crippen LogP contribution < -0.4 is 15.5 Å². The van der Waals surface area contributed by atoms with Crippen LogP contribution in [0.5, 0.6) is 0 Å². The van der Waals surface area contributed by atoms with Crippen LogP contribution in [0, 0.1) is 5.82 Å². The Morgan fingerprint density at radius 1 is 1.23 bits per heavy atom. The van der Waals surface area contributed by atoms with Gasteiger partial charge in [0.1, 0.15) is 0 Å². The number of carbonyl (C=O) groups is 1. The molecule has 30 heavy (non-hydrogen) atoms. The molecule has 1 aromatic heterocycles. The summed E-state index contributed by atoms with van der Waals surface area (Å²) >= 11 is 0. The molecule has 1 fully saturated rings. The summed E-state index contributed by atoms with van der Waals surface area (Å²) in [5.74, 6) is 0.699. The van der Waals surface area contributed by atoms with Gasteiger partial charge in [0.2, 0.25) is 5.91 Å². The number of pyridine rings is 1. The van der Waals surface area contributed by atoms with E-state index in [0.29, 0.717) is 31.4 Å². The molecule has 0 bridgehead atoms. The molecule has 1 aromatic carbocycles. The molecule has 158 valence electrons. The van der Waals surface area contributed by atoms with E-state index in [1.807, 2.05) is 21.9 Å². The Bertz CT molecular complexity index is 933. The summed E-state index contributed by atoms with van der Waals surface area (Å²) in [6.07, 6.45) is 3.33. The molecule has 1 atom stereocenters. The molecule has 1 saturated heterocycles. The van der Waals surface area contributed by atoms with Gasteiger partial charge in [-0.2, -0.15) is 0 Å². The molecule has 1 unspecified atom stereocenters. The fraction of sp³-hybridized carbons (Fsp3) is 0.409. The molecule has 0 aliphatic carbocycles. The van der Waals surface area contributed by atoms with E-state index in [9.17, 15) is 9.18 Å². The van der Waals surface area contributed by atoms with Gasteiger partial charge >= 0.3 is 0 Å². The Morgan fingerprint density at radius 2 is 2.07 bits per heavy atom. The van der Waals surface area contributed by atoms with Crippen molar-refractivity contribution >= 4 is 17.7 Å². The molecule has 2 aliphatic heterocycles. The third kappa shape index (κ3) is 4.53. The van der Waals surface area contributed by atoms with Crippen molar-refractivity contribution in [2.45, 2.75) is 25.4 Å². The maximum atomic E-state index is 14.0. The van der Waals surface area contributed by atoms with E-state index >= 15 is 0 Å². The minimum Gasteiger partial charge on any atom is -0.352 e. The smallest absolute Gasteiger partial charge is 0.242 e. The predicted octanol–water partition coefficient (Wildman–Crippen LogP) is 1.55. The highest BCUT2D eigenvalue weighted by Gasteiger charge is 2.26. The fourth-order valence-corrected chi connectivity index (χ4v) is 4.05. The Kier molecular flexibility index (Phi) is 6.11. The van der Waals surface area contributed by atoms with Crippen LogP contribution in [0.2, 0.25) is 0 Å². The van der Waals surface area contributed by atoms with Crippen LogP contribution in [-0.4, -0.2) is 61.0 Å². The normalized spacial score (nSPS) is 18.9. The molecular weight excluding hydrogens is 383 g/mol. The summed E-state index contributed by atoms with van der Waals surface area (Å²) < 4.78 is 14.0. The standard InChI is InChI=1S/C22H27FN6O/c1-24-22(27-18-9-12-29(15-18)21-19(23)7-4-10-25-21)26-13-20(30)28-11-8-16-5-2-3-6-17(16)14-28/h2-7,10,18H,8-9,11-15H2,1H3,(H2,24,26,27). The van der Waals surface area contributed by atoms with Crippen molar-refractivity contribution in [1.82, 2.24) is 20.5 Å². The van der Waals surface area contributed by atoms with Crippen LogP contribution in [0.1, 0.15) is 17.5 Å². The first-order chi connectivity index (χ1) is 14.6. The topological polar surface area (TPSA) is 72.9 Å². The summed E-state index contributed by atoms with van der Waals surface area (Å²) in [4.78, 5) is 24.9. The zero-order valence-electron chi connectivity index (χ0n) is 17.1. The highest BCUT2D eigenvalue weighted by molar-refractivity contribution is 5.86. The molecule has 4 rings (SSSR count). The molecule has 1 amide bonds. The molecule has 2 aliphatic rings. The minimum atomic E-state index is -0.311. The lowest BCUT2D eigenvalue weighted by atomic mass is 10.00. The first-order valence-corrected chi connectivity index (χ1v) is 10.3. The van der Waals surface area contributed by atoms with Gasteiger partial charge in [-0.05, 0) is 36.1 Å². The second-order valence-electron chi connectivity index (χ2n) is 7.64. The number of guanidine groups is 1. The van der Waals surface area contributed by atoms with Crippen LogP contribution in [0.4, 0.5) is 10.2 Å². The zero-order valence-corrected chi connectivity index (χ0v) is 17.1. The molecular formula is C22H27FN6O. The Balaban J connectivity index is 1.27. The quantitative estimate of drug-likeness (QED) is 0.591. The average Bonchev–Trinajstić information content (AvgIpc) is 3.24. The van der Waals surface area contributed by atoms with E-state index < -0.39 is 0 Å². The summed E-state index contributed by atoms with van der Waals surface area (Å²) in [6, 6.07) is 11.4. The number of anilines is 1. The lowest BCUT2D eigenvalue weighted by Gasteiger charge is -2.29. The van der Waals surface area contributed by atoms with Crippen molar-refractivity contribution in [3.63, 3.8) is 0 Å². The number of amides is 1. The minimum absolute atomic E-state index is 0.0519. The molecule has 0 saturated carbocycles. The number of nitrogens with zero attached hydrogens (tertiary/aromatic N) is 4. The fourth-order valence-electron chi connectivity index (χ4n) is 4.05. The first kappa shape index (κ1) is 20.1. The van der Waals surface area contributed by atoms with Gasteiger partial charge in [0.15, 0.2) is 17.6 Å². The number of nitrogens with one attached hydrogen (secondary N) is 2. The van der Waals surface area contributed by atoms with Gasteiger partial charge in [-0.3, -0.25) is 9.79 Å². The summed E-state index contributed by atoms with van der Waals surface area (Å²) in [5.41, 5.74) is 2.54. The summed E-state index contributed by atoms with van der Waals surface area (Å²) in [5, 5.41) is 6.46. The number of aliphatic imine (C=N–C) groups is 1. The predicted molar refractivity (Wildman–Crippen MR) is 115 cm³/mol. The number of carbonyl (C=O) groups excluding carboxylic acids is 1. The van der Waals surface area contributed by atoms with E-state index in [4.69, 9.17) is 0 Å². The van der Waals surface area contributed by atoms with Crippen molar-refractivity contribution in [2.24, 2.45) is 4.99 Å². The first-order valence-electron chi connectivity index (χ1n) is 10.3. The largest absolute Gasteiger partial charge is 0.352 e. The SMILES string of the molecule is CN=C(NCC(=O)N1CCc2ccccc2C1)NC1CCN(c2ncccc2F)C1. The van der Waals surface area contributed by atoms with E-state index in [-0.39, 0.29) is 24.3 Å². The van der Waals surface area contributed by atoms with Gasteiger partial charge in [0.25, 0.3) is 0 Å². The van der Waals surface area contributed by atoms with Crippen LogP contribution in [0.25, 0.3) is 0 Å². The van der Waals surface area contributed by atoms with E-state index in [1.165, 1.54) is 17.2 Å². The maximum absolute atomic E-state index is 14.0. The lowest BCUT2D eigenvalue weighted by molar-refractivity contribution is -0.130. The maximum Gasteiger partial charge on any atom is 0.242 e. The third-order valence-electron chi connectivity index (χ3n) is 5.68. The van der Waals surface area contributed by atoms with Crippen LogP contribution >= 0.6 is 0 Å². The second-order valence-corrected chi connectivity index (χ2v) is 7.64. The third-order valence-corrected chi connectivity index (χ3v) is 5.68. The van der Waals surface area contributed by atoms with Crippen molar-refractivity contribution in [3.05, 3.63) is 59.5 Å². The van der Waals surface area contributed by atoms with Gasteiger partial charge < -0.3 is 20.4 Å². The Hall–Kier alpha value is -3.16. The number of hydrogen-bond donors (Lipinski definition) is 2. The molecule has 7 nitrogen and oxygen atoms in total. The number of rotatable bonds is 4.